The summed E-state index contributed by atoms with van der Waals surface area (Å²) in [4.78, 5) is 26.9. The molecule has 0 aliphatic heterocycles. The van der Waals surface area contributed by atoms with Crippen LogP contribution in [0.3, 0.4) is 0 Å². The van der Waals surface area contributed by atoms with E-state index in [9.17, 15) is 9.18 Å². The van der Waals surface area contributed by atoms with E-state index in [2.05, 4.69) is 9.97 Å². The molecular weight excluding hydrogens is 441 g/mol. The lowest BCUT2D eigenvalue weighted by Gasteiger charge is -2.21. The van der Waals surface area contributed by atoms with E-state index in [-0.39, 0.29) is 17.0 Å². The Morgan fingerprint density at radius 1 is 1.24 bits per heavy atom. The van der Waals surface area contributed by atoms with Gasteiger partial charge in [-0.25, -0.2) is 24.0 Å². The number of nitrogens with zero attached hydrogens (tertiary/aromatic N) is 6. The van der Waals surface area contributed by atoms with Crippen LogP contribution in [0, 0.1) is 5.82 Å². The van der Waals surface area contributed by atoms with E-state index in [1.165, 1.54) is 12.4 Å². The van der Waals surface area contributed by atoms with Gasteiger partial charge < -0.3 is 5.73 Å². The molecule has 8 nitrogen and oxygen atoms in total. The van der Waals surface area contributed by atoms with Gasteiger partial charge in [-0.3, -0.25) is 9.36 Å². The van der Waals surface area contributed by atoms with Crippen LogP contribution in [0.5, 0.6) is 0 Å². The molecule has 0 radical (unpaired) electrons. The van der Waals surface area contributed by atoms with Crippen molar-refractivity contribution in [2.45, 2.75) is 38.3 Å². The van der Waals surface area contributed by atoms with Crippen molar-refractivity contribution in [1.82, 2.24) is 29.3 Å². The molecule has 1 saturated carbocycles. The molecule has 1 aliphatic rings. The molecule has 166 valence electrons. The largest absolute Gasteiger partial charge is 0.383 e. The zero-order valence-electron chi connectivity index (χ0n) is 17.8. The number of hydrogen-bond donors (Lipinski definition) is 1. The second kappa shape index (κ2) is 7.45. The van der Waals surface area contributed by atoms with E-state index in [1.807, 2.05) is 23.8 Å². The van der Waals surface area contributed by atoms with Gasteiger partial charge in [0.25, 0.3) is 5.56 Å². The minimum atomic E-state index is -0.552. The van der Waals surface area contributed by atoms with Crippen LogP contribution in [-0.4, -0.2) is 29.3 Å². The molecule has 4 heterocycles. The maximum absolute atomic E-state index is 14.6. The van der Waals surface area contributed by atoms with Crippen LogP contribution in [0.2, 0.25) is 0 Å². The summed E-state index contributed by atoms with van der Waals surface area (Å²) in [6, 6.07) is 6.13. The fraction of sp³-hybridized carbons (Fsp3) is 0.261. The second-order valence-corrected chi connectivity index (χ2v) is 8.98. The van der Waals surface area contributed by atoms with Gasteiger partial charge in [-0.1, -0.05) is 13.0 Å². The lowest BCUT2D eigenvalue weighted by atomic mass is 10.1. The zero-order valence-corrected chi connectivity index (χ0v) is 18.6. The molecule has 0 saturated heterocycles. The van der Waals surface area contributed by atoms with Crippen molar-refractivity contribution in [1.29, 1.82) is 0 Å². The summed E-state index contributed by atoms with van der Waals surface area (Å²) in [5.74, 6) is 0.348. The average molecular weight is 462 g/mol. The molecule has 2 N–H and O–H groups in total. The molecule has 1 aromatic carbocycles. The molecule has 4 aromatic heterocycles. The molecule has 6 rings (SSSR count). The van der Waals surface area contributed by atoms with Crippen molar-refractivity contribution in [2.24, 2.45) is 0 Å². The Balaban J connectivity index is 1.65. The maximum Gasteiger partial charge on any atom is 0.264 e. The first-order valence-electron chi connectivity index (χ1n) is 10.8. The second-order valence-electron chi connectivity index (χ2n) is 8.20. The summed E-state index contributed by atoms with van der Waals surface area (Å²) in [5.41, 5.74) is 8.43. The SMILES string of the molecule is CCC(c1nc2cccc(F)c2c(=O)n1C1CC1)n1nc(-c2ccsc2)c2c(N)ncnc21. The van der Waals surface area contributed by atoms with Gasteiger partial charge in [-0.2, -0.15) is 16.4 Å². The van der Waals surface area contributed by atoms with E-state index >= 15 is 0 Å². The van der Waals surface area contributed by atoms with Crippen molar-refractivity contribution >= 4 is 39.1 Å². The van der Waals surface area contributed by atoms with Gasteiger partial charge in [0.1, 0.15) is 40.9 Å². The summed E-state index contributed by atoms with van der Waals surface area (Å²) < 4.78 is 18.0. The van der Waals surface area contributed by atoms with Crippen LogP contribution in [0.1, 0.15) is 44.1 Å². The molecule has 5 aromatic rings. The van der Waals surface area contributed by atoms with Gasteiger partial charge in [0.05, 0.1) is 10.9 Å². The number of halogens is 1. The van der Waals surface area contributed by atoms with Crippen LogP contribution >= 0.6 is 11.3 Å². The number of fused-ring (bicyclic) bond motifs is 2. The van der Waals surface area contributed by atoms with Crippen LogP contribution in [0.4, 0.5) is 10.2 Å². The van der Waals surface area contributed by atoms with E-state index in [0.29, 0.717) is 40.3 Å². The number of nitrogen functional groups attached to an aromatic ring is 1. The van der Waals surface area contributed by atoms with Crippen LogP contribution in [-0.2, 0) is 0 Å². The summed E-state index contributed by atoms with van der Waals surface area (Å²) >= 11 is 1.56. The van der Waals surface area contributed by atoms with Gasteiger partial charge in [-0.05, 0) is 42.8 Å². The molecule has 1 fully saturated rings. The fourth-order valence-corrected chi connectivity index (χ4v) is 5.06. The molecule has 0 bridgehead atoms. The highest BCUT2D eigenvalue weighted by Gasteiger charge is 2.33. The highest BCUT2D eigenvalue weighted by atomic mass is 32.1. The molecule has 1 unspecified atom stereocenters. The topological polar surface area (TPSA) is 105 Å². The summed E-state index contributed by atoms with van der Waals surface area (Å²) in [7, 11) is 0. The number of anilines is 1. The third kappa shape index (κ3) is 3.05. The Morgan fingerprint density at radius 3 is 2.82 bits per heavy atom. The quantitative estimate of drug-likeness (QED) is 0.418. The molecular formula is C23H20FN7OS. The molecule has 10 heteroatoms. The standard InChI is InChI=1S/C23H20FN7OS/c1-2-16(21-28-15-5-3-4-14(24)17(15)23(32)30(21)13-6-7-13)31-22-18(20(25)26-11-27-22)19(29-31)12-8-9-33-10-12/h3-5,8-11,13,16H,2,6-7H2,1H3,(H2,25,26,27). The highest BCUT2D eigenvalue weighted by molar-refractivity contribution is 7.08. The maximum atomic E-state index is 14.6. The third-order valence-electron chi connectivity index (χ3n) is 6.11. The van der Waals surface area contributed by atoms with Gasteiger partial charge in [0.2, 0.25) is 0 Å². The van der Waals surface area contributed by atoms with Crippen LogP contribution < -0.4 is 11.3 Å². The Labute approximate surface area is 191 Å². The lowest BCUT2D eigenvalue weighted by Crippen LogP contribution is -2.29. The van der Waals surface area contributed by atoms with Crippen molar-refractivity contribution in [2.75, 3.05) is 5.73 Å². The van der Waals surface area contributed by atoms with Crippen molar-refractivity contribution in [3.8, 4) is 11.3 Å². The minimum Gasteiger partial charge on any atom is -0.383 e. The molecule has 1 atom stereocenters. The normalized spacial score (nSPS) is 14.8. The summed E-state index contributed by atoms with van der Waals surface area (Å²) in [6.45, 7) is 2.01. The number of hydrogen-bond acceptors (Lipinski definition) is 7. The number of rotatable bonds is 5. The van der Waals surface area contributed by atoms with Crippen molar-refractivity contribution < 1.29 is 4.39 Å². The summed E-state index contributed by atoms with van der Waals surface area (Å²) in [6.07, 6.45) is 3.74. The predicted molar refractivity (Wildman–Crippen MR) is 126 cm³/mol. The molecule has 0 amide bonds. The smallest absolute Gasteiger partial charge is 0.264 e. The average Bonchev–Trinajstić information content (AvgIpc) is 3.34. The number of benzene rings is 1. The molecule has 1 aliphatic carbocycles. The highest BCUT2D eigenvalue weighted by Crippen LogP contribution is 2.39. The zero-order chi connectivity index (χ0) is 22.7. The van der Waals surface area contributed by atoms with E-state index in [1.54, 1.807) is 32.7 Å². The van der Waals surface area contributed by atoms with E-state index < -0.39 is 11.9 Å². The van der Waals surface area contributed by atoms with Crippen molar-refractivity contribution in [3.05, 3.63) is 63.3 Å². The Kier molecular flexibility index (Phi) is 4.51. The first-order valence-corrected chi connectivity index (χ1v) is 11.7. The van der Waals surface area contributed by atoms with E-state index in [4.69, 9.17) is 15.8 Å². The van der Waals surface area contributed by atoms with Crippen LogP contribution in [0.15, 0.2) is 46.1 Å². The molecule has 33 heavy (non-hydrogen) atoms. The van der Waals surface area contributed by atoms with Gasteiger partial charge in [0.15, 0.2) is 5.65 Å². The molecule has 0 spiro atoms. The Hall–Kier alpha value is -3.66. The number of aromatic nitrogens is 6. The minimum absolute atomic E-state index is 0.0101. The van der Waals surface area contributed by atoms with Gasteiger partial charge in [0, 0.05) is 17.0 Å². The lowest BCUT2D eigenvalue weighted by molar-refractivity contribution is 0.461. The van der Waals surface area contributed by atoms with E-state index in [0.717, 1.165) is 18.4 Å². The van der Waals surface area contributed by atoms with Crippen LogP contribution in [0.25, 0.3) is 33.2 Å². The van der Waals surface area contributed by atoms with Gasteiger partial charge >= 0.3 is 0 Å². The third-order valence-corrected chi connectivity index (χ3v) is 6.79. The monoisotopic (exact) mass is 461 g/mol. The number of thiophene rings is 1. The van der Waals surface area contributed by atoms with Gasteiger partial charge in [-0.15, -0.1) is 0 Å². The first kappa shape index (κ1) is 20.0. The Bertz CT molecular complexity index is 1570. The predicted octanol–water partition coefficient (Wildman–Crippen LogP) is 4.32. The number of nitrogens with two attached hydrogens (primary N) is 1. The fourth-order valence-electron chi connectivity index (χ4n) is 4.42. The van der Waals surface area contributed by atoms with Crippen molar-refractivity contribution in [3.63, 3.8) is 0 Å². The Morgan fingerprint density at radius 2 is 2.09 bits per heavy atom. The first-order chi connectivity index (χ1) is 16.1. The summed E-state index contributed by atoms with van der Waals surface area (Å²) in [5, 5.41) is 9.57.